The average molecular weight is 431 g/mol. The summed E-state index contributed by atoms with van der Waals surface area (Å²) in [6, 6.07) is 14.1. The molecule has 1 heterocycles. The minimum atomic E-state index is -0.432. The Morgan fingerprint density at radius 2 is 1.84 bits per heavy atom. The van der Waals surface area contributed by atoms with Crippen LogP contribution >= 0.6 is 0 Å². The van der Waals surface area contributed by atoms with E-state index < -0.39 is 11.6 Å². The number of benzene rings is 2. The van der Waals surface area contributed by atoms with Crippen molar-refractivity contribution >= 4 is 5.96 Å². The molecular formula is C24H32F2N4O. The van der Waals surface area contributed by atoms with Gasteiger partial charge in [-0.05, 0) is 55.5 Å². The van der Waals surface area contributed by atoms with Gasteiger partial charge in [-0.15, -0.1) is 0 Å². The summed E-state index contributed by atoms with van der Waals surface area (Å²) in [5.74, 6) is -0.192. The van der Waals surface area contributed by atoms with Crippen molar-refractivity contribution in [3.8, 4) is 0 Å². The van der Waals surface area contributed by atoms with Gasteiger partial charge in [0.2, 0.25) is 0 Å². The molecule has 31 heavy (non-hydrogen) atoms. The largest absolute Gasteiger partial charge is 0.381 e. The van der Waals surface area contributed by atoms with E-state index in [9.17, 15) is 8.78 Å². The van der Waals surface area contributed by atoms with Crippen LogP contribution in [0.25, 0.3) is 0 Å². The van der Waals surface area contributed by atoms with E-state index >= 15 is 0 Å². The number of aliphatic imine (C=N–C) groups is 1. The molecule has 1 aliphatic rings. The molecule has 0 spiro atoms. The van der Waals surface area contributed by atoms with Crippen LogP contribution in [0.15, 0.2) is 53.5 Å². The van der Waals surface area contributed by atoms with Gasteiger partial charge in [0.1, 0.15) is 11.6 Å². The van der Waals surface area contributed by atoms with Gasteiger partial charge in [-0.25, -0.2) is 8.78 Å². The average Bonchev–Trinajstić information content (AvgIpc) is 2.79. The van der Waals surface area contributed by atoms with Crippen molar-refractivity contribution in [1.29, 1.82) is 0 Å². The molecule has 2 aromatic rings. The van der Waals surface area contributed by atoms with Crippen molar-refractivity contribution in [2.75, 3.05) is 33.4 Å². The zero-order valence-electron chi connectivity index (χ0n) is 18.3. The number of nitrogens with zero attached hydrogens (tertiary/aromatic N) is 1. The Labute approximate surface area is 183 Å². The standard InChI is InChI=1S/C24H32F2N4O/c1-18(19-6-4-3-5-7-19)30-24(11-14-31-15-12-24)17-29-23(27-2)28-13-10-20-16-21(25)8-9-22(20)26/h3-9,16,18,30H,10-15,17H2,1-2H3,(H2,27,28,29). The fraction of sp³-hybridized carbons (Fsp3) is 0.458. The molecule has 1 aliphatic heterocycles. The molecule has 1 atom stereocenters. The van der Waals surface area contributed by atoms with Crippen LogP contribution in [0.5, 0.6) is 0 Å². The van der Waals surface area contributed by atoms with Gasteiger partial charge in [-0.2, -0.15) is 0 Å². The van der Waals surface area contributed by atoms with Gasteiger partial charge in [0.15, 0.2) is 5.96 Å². The summed E-state index contributed by atoms with van der Waals surface area (Å²) < 4.78 is 32.8. The first-order chi connectivity index (χ1) is 15.0. The minimum absolute atomic E-state index is 0.125. The normalized spacial score (nSPS) is 17.2. The van der Waals surface area contributed by atoms with Crippen LogP contribution in [0.4, 0.5) is 8.78 Å². The molecule has 1 saturated heterocycles. The van der Waals surface area contributed by atoms with Crippen LogP contribution in [-0.4, -0.2) is 44.8 Å². The predicted octanol–water partition coefficient (Wildman–Crippen LogP) is 3.57. The SMILES string of the molecule is CN=C(NCCc1cc(F)ccc1F)NCC1(NC(C)c2ccccc2)CCOCC1. The van der Waals surface area contributed by atoms with Crippen molar-refractivity contribution in [2.45, 2.75) is 37.8 Å². The smallest absolute Gasteiger partial charge is 0.191 e. The Balaban J connectivity index is 1.56. The van der Waals surface area contributed by atoms with E-state index in [1.807, 2.05) is 6.07 Å². The first-order valence-electron chi connectivity index (χ1n) is 10.8. The summed E-state index contributed by atoms with van der Waals surface area (Å²) in [4.78, 5) is 4.28. The number of hydrogen-bond acceptors (Lipinski definition) is 3. The van der Waals surface area contributed by atoms with Crippen LogP contribution in [0, 0.1) is 11.6 Å². The van der Waals surface area contributed by atoms with Gasteiger partial charge in [-0.3, -0.25) is 4.99 Å². The minimum Gasteiger partial charge on any atom is -0.381 e. The maximum Gasteiger partial charge on any atom is 0.191 e. The van der Waals surface area contributed by atoms with Gasteiger partial charge in [0, 0.05) is 44.9 Å². The number of guanidine groups is 1. The zero-order valence-corrected chi connectivity index (χ0v) is 18.3. The van der Waals surface area contributed by atoms with Crippen molar-refractivity contribution in [2.24, 2.45) is 4.99 Å². The Hall–Kier alpha value is -2.51. The van der Waals surface area contributed by atoms with E-state index in [1.165, 1.54) is 11.6 Å². The maximum atomic E-state index is 13.8. The topological polar surface area (TPSA) is 57.7 Å². The van der Waals surface area contributed by atoms with E-state index in [1.54, 1.807) is 7.05 Å². The molecule has 1 fully saturated rings. The Morgan fingerprint density at radius 1 is 1.10 bits per heavy atom. The third-order valence-electron chi connectivity index (χ3n) is 5.78. The fourth-order valence-corrected chi connectivity index (χ4v) is 3.94. The molecule has 5 nitrogen and oxygen atoms in total. The number of ether oxygens (including phenoxy) is 1. The Bertz CT molecular complexity index is 854. The maximum absolute atomic E-state index is 13.8. The summed E-state index contributed by atoms with van der Waals surface area (Å²) in [6.07, 6.45) is 2.15. The van der Waals surface area contributed by atoms with E-state index in [0.717, 1.165) is 25.0 Å². The molecule has 3 rings (SSSR count). The van der Waals surface area contributed by atoms with E-state index in [0.29, 0.717) is 44.2 Å². The van der Waals surface area contributed by atoms with E-state index in [-0.39, 0.29) is 11.6 Å². The Kier molecular flexibility index (Phi) is 8.37. The van der Waals surface area contributed by atoms with Gasteiger partial charge >= 0.3 is 0 Å². The molecular weight excluding hydrogens is 398 g/mol. The second kappa shape index (κ2) is 11.2. The third-order valence-corrected chi connectivity index (χ3v) is 5.78. The highest BCUT2D eigenvalue weighted by Crippen LogP contribution is 2.25. The van der Waals surface area contributed by atoms with E-state index in [4.69, 9.17) is 4.74 Å². The molecule has 168 valence electrons. The lowest BCUT2D eigenvalue weighted by Crippen LogP contribution is -2.58. The molecule has 0 aliphatic carbocycles. The summed E-state index contributed by atoms with van der Waals surface area (Å²) in [6.45, 7) is 4.72. The summed E-state index contributed by atoms with van der Waals surface area (Å²) in [5.41, 5.74) is 1.47. The van der Waals surface area contributed by atoms with Gasteiger partial charge < -0.3 is 20.7 Å². The van der Waals surface area contributed by atoms with Gasteiger partial charge in [0.25, 0.3) is 0 Å². The Morgan fingerprint density at radius 3 is 2.55 bits per heavy atom. The number of nitrogens with one attached hydrogen (secondary N) is 3. The van der Waals surface area contributed by atoms with Crippen LogP contribution in [0.3, 0.4) is 0 Å². The highest BCUT2D eigenvalue weighted by molar-refractivity contribution is 5.79. The van der Waals surface area contributed by atoms with Crippen LogP contribution in [0.1, 0.15) is 36.9 Å². The predicted molar refractivity (Wildman–Crippen MR) is 120 cm³/mol. The number of halogens is 2. The van der Waals surface area contributed by atoms with Gasteiger partial charge in [-0.1, -0.05) is 30.3 Å². The molecule has 0 bridgehead atoms. The highest BCUT2D eigenvalue weighted by atomic mass is 19.1. The molecule has 7 heteroatoms. The zero-order chi connectivity index (χ0) is 22.1. The summed E-state index contributed by atoms with van der Waals surface area (Å²) in [7, 11) is 1.70. The highest BCUT2D eigenvalue weighted by Gasteiger charge is 2.34. The lowest BCUT2D eigenvalue weighted by molar-refractivity contribution is 0.0355. The van der Waals surface area contributed by atoms with Gasteiger partial charge in [0.05, 0.1) is 0 Å². The molecule has 2 aromatic carbocycles. The number of hydrogen-bond donors (Lipinski definition) is 3. The molecule has 1 unspecified atom stereocenters. The van der Waals surface area contributed by atoms with Crippen LogP contribution in [0.2, 0.25) is 0 Å². The summed E-state index contributed by atoms with van der Waals surface area (Å²) in [5, 5.41) is 10.4. The van der Waals surface area contributed by atoms with Crippen molar-refractivity contribution < 1.29 is 13.5 Å². The van der Waals surface area contributed by atoms with Crippen molar-refractivity contribution in [1.82, 2.24) is 16.0 Å². The van der Waals surface area contributed by atoms with Crippen LogP contribution < -0.4 is 16.0 Å². The quantitative estimate of drug-likeness (QED) is 0.443. The number of rotatable bonds is 8. The first-order valence-corrected chi connectivity index (χ1v) is 10.8. The van der Waals surface area contributed by atoms with Crippen LogP contribution in [-0.2, 0) is 11.2 Å². The molecule has 0 amide bonds. The molecule has 0 aromatic heterocycles. The molecule has 0 saturated carbocycles. The lowest BCUT2D eigenvalue weighted by atomic mass is 9.88. The second-order valence-electron chi connectivity index (χ2n) is 8.01. The molecule has 0 radical (unpaired) electrons. The van der Waals surface area contributed by atoms with Crippen molar-refractivity contribution in [3.63, 3.8) is 0 Å². The fourth-order valence-electron chi connectivity index (χ4n) is 3.94. The van der Waals surface area contributed by atoms with Crippen molar-refractivity contribution in [3.05, 3.63) is 71.3 Å². The monoisotopic (exact) mass is 430 g/mol. The summed E-state index contributed by atoms with van der Waals surface area (Å²) >= 11 is 0. The lowest BCUT2D eigenvalue weighted by Gasteiger charge is -2.41. The van der Waals surface area contributed by atoms with E-state index in [2.05, 4.69) is 52.1 Å². The first kappa shape index (κ1) is 23.2. The molecule has 3 N–H and O–H groups in total. The second-order valence-corrected chi connectivity index (χ2v) is 8.01. The third kappa shape index (κ3) is 6.74.